The molecule has 0 atom stereocenters. The fourth-order valence-electron chi connectivity index (χ4n) is 3.26. The first kappa shape index (κ1) is 24.7. The summed E-state index contributed by atoms with van der Waals surface area (Å²) >= 11 is 3.05. The maximum absolute atomic E-state index is 14.0. The van der Waals surface area contributed by atoms with Crippen LogP contribution in [0.3, 0.4) is 0 Å². The van der Waals surface area contributed by atoms with Crippen molar-refractivity contribution in [3.63, 3.8) is 0 Å². The first-order valence-electron chi connectivity index (χ1n) is 10.1. The Labute approximate surface area is 208 Å². The lowest BCUT2D eigenvalue weighted by Crippen LogP contribution is -2.15. The maximum atomic E-state index is 14.0. The zero-order valence-electron chi connectivity index (χ0n) is 18.5. The summed E-state index contributed by atoms with van der Waals surface area (Å²) < 4.78 is 76.2. The maximum Gasteiger partial charge on any atom is 0.283 e. The van der Waals surface area contributed by atoms with E-state index in [2.05, 4.69) is 21.0 Å². The van der Waals surface area contributed by atoms with E-state index in [1.807, 2.05) is 0 Å². The van der Waals surface area contributed by atoms with Gasteiger partial charge in [0.25, 0.3) is 10.0 Å². The number of methoxy groups -OCH3 is 2. The Balaban J connectivity index is 1.62. The van der Waals surface area contributed by atoms with Crippen molar-refractivity contribution >= 4 is 36.9 Å². The van der Waals surface area contributed by atoms with Gasteiger partial charge in [-0.1, -0.05) is 0 Å². The summed E-state index contributed by atoms with van der Waals surface area (Å²) in [6, 6.07) is 12.4. The second kappa shape index (κ2) is 10.1. The number of ether oxygens (including phenoxy) is 4. The van der Waals surface area contributed by atoms with Crippen molar-refractivity contribution in [1.29, 1.82) is 0 Å². The molecule has 4 rings (SSSR count). The topological polar surface area (TPSA) is 88.9 Å². The molecule has 0 saturated heterocycles. The Bertz CT molecular complexity index is 1450. The molecule has 3 aromatic carbocycles. The first-order valence-corrected chi connectivity index (χ1v) is 12.3. The average Bonchev–Trinajstić information content (AvgIpc) is 3.21. The summed E-state index contributed by atoms with van der Waals surface area (Å²) in [7, 11) is -1.12. The fourth-order valence-corrected chi connectivity index (χ4v) is 5.06. The van der Waals surface area contributed by atoms with Crippen LogP contribution in [-0.4, -0.2) is 45.0 Å². The molecule has 184 valence electrons. The SMILES string of the molecule is COc1ccc(S(=O)(=O)n2nc(OCCOc3c(F)cc(F)cc3Br)c3cc(OC)ccc32)cc1. The molecule has 0 bridgehead atoms. The number of benzene rings is 3. The molecule has 1 aromatic heterocycles. The molecule has 1 heterocycles. The van der Waals surface area contributed by atoms with Gasteiger partial charge >= 0.3 is 0 Å². The molecule has 0 amide bonds. The van der Waals surface area contributed by atoms with Crippen LogP contribution in [0.4, 0.5) is 8.78 Å². The summed E-state index contributed by atoms with van der Waals surface area (Å²) in [5.74, 6) is -0.805. The highest BCUT2D eigenvalue weighted by Gasteiger charge is 2.24. The fraction of sp³-hybridized carbons (Fsp3) is 0.174. The van der Waals surface area contributed by atoms with Crippen LogP contribution in [0, 0.1) is 11.6 Å². The molecule has 0 aliphatic rings. The highest BCUT2D eigenvalue weighted by molar-refractivity contribution is 9.10. The van der Waals surface area contributed by atoms with Gasteiger partial charge in [0.2, 0.25) is 5.88 Å². The Morgan fingerprint density at radius 2 is 1.57 bits per heavy atom. The minimum Gasteiger partial charge on any atom is -0.497 e. The molecular formula is C23H19BrF2N2O6S. The number of aromatic nitrogens is 2. The Morgan fingerprint density at radius 3 is 2.23 bits per heavy atom. The monoisotopic (exact) mass is 568 g/mol. The zero-order chi connectivity index (χ0) is 25.2. The molecule has 0 radical (unpaired) electrons. The van der Waals surface area contributed by atoms with E-state index in [0.717, 1.165) is 10.2 Å². The van der Waals surface area contributed by atoms with Crippen LogP contribution in [-0.2, 0) is 10.0 Å². The van der Waals surface area contributed by atoms with Crippen LogP contribution in [0.5, 0.6) is 23.1 Å². The third-order valence-electron chi connectivity index (χ3n) is 4.94. The molecular weight excluding hydrogens is 550 g/mol. The first-order chi connectivity index (χ1) is 16.7. The van der Waals surface area contributed by atoms with Crippen molar-refractivity contribution in [3.8, 4) is 23.1 Å². The van der Waals surface area contributed by atoms with Gasteiger partial charge < -0.3 is 18.9 Å². The number of nitrogens with zero attached hydrogens (tertiary/aromatic N) is 2. The van der Waals surface area contributed by atoms with Gasteiger partial charge in [0.05, 0.1) is 34.5 Å². The van der Waals surface area contributed by atoms with Crippen LogP contribution < -0.4 is 18.9 Å². The van der Waals surface area contributed by atoms with Gasteiger partial charge in [-0.15, -0.1) is 9.19 Å². The average molecular weight is 569 g/mol. The summed E-state index contributed by atoms with van der Waals surface area (Å²) in [6.07, 6.45) is 0. The molecule has 0 N–H and O–H groups in total. The highest BCUT2D eigenvalue weighted by Crippen LogP contribution is 2.32. The van der Waals surface area contributed by atoms with Crippen LogP contribution in [0.25, 0.3) is 10.9 Å². The summed E-state index contributed by atoms with van der Waals surface area (Å²) in [6.45, 7) is -0.222. The van der Waals surface area contributed by atoms with Crippen molar-refractivity contribution in [2.75, 3.05) is 27.4 Å². The van der Waals surface area contributed by atoms with Gasteiger partial charge in [-0.2, -0.15) is 8.42 Å². The molecule has 0 spiro atoms. The summed E-state index contributed by atoms with van der Waals surface area (Å²) in [5.41, 5.74) is 0.268. The molecule has 12 heteroatoms. The molecule has 0 aliphatic carbocycles. The lowest BCUT2D eigenvalue weighted by Gasteiger charge is -2.10. The second-order valence-electron chi connectivity index (χ2n) is 7.11. The third kappa shape index (κ3) is 5.03. The Morgan fingerprint density at radius 1 is 0.914 bits per heavy atom. The minimum absolute atomic E-state index is 0.00466. The molecule has 0 fully saturated rings. The molecule has 0 saturated carbocycles. The lowest BCUT2D eigenvalue weighted by molar-refractivity contribution is 0.206. The molecule has 4 aromatic rings. The minimum atomic E-state index is -4.07. The van der Waals surface area contributed by atoms with E-state index in [0.29, 0.717) is 23.0 Å². The Kier molecular flexibility index (Phi) is 7.13. The van der Waals surface area contributed by atoms with Crippen LogP contribution >= 0.6 is 15.9 Å². The van der Waals surface area contributed by atoms with E-state index in [4.69, 9.17) is 18.9 Å². The van der Waals surface area contributed by atoms with E-state index in [-0.39, 0.29) is 39.7 Å². The largest absolute Gasteiger partial charge is 0.497 e. The number of rotatable bonds is 9. The molecule has 8 nitrogen and oxygen atoms in total. The number of halogens is 3. The van der Waals surface area contributed by atoms with Gasteiger partial charge in [-0.05, 0) is 64.5 Å². The van der Waals surface area contributed by atoms with Crippen molar-refractivity contribution in [2.45, 2.75) is 4.90 Å². The van der Waals surface area contributed by atoms with E-state index in [1.165, 1.54) is 38.5 Å². The van der Waals surface area contributed by atoms with E-state index < -0.39 is 21.7 Å². The highest BCUT2D eigenvalue weighted by atomic mass is 79.9. The van der Waals surface area contributed by atoms with Crippen molar-refractivity contribution in [1.82, 2.24) is 9.19 Å². The third-order valence-corrected chi connectivity index (χ3v) is 7.13. The van der Waals surface area contributed by atoms with Gasteiger partial charge in [0.15, 0.2) is 11.6 Å². The van der Waals surface area contributed by atoms with Gasteiger partial charge in [0.1, 0.15) is 30.5 Å². The predicted octanol–water partition coefficient (Wildman–Crippen LogP) is 4.79. The predicted molar refractivity (Wildman–Crippen MR) is 127 cm³/mol. The van der Waals surface area contributed by atoms with Gasteiger partial charge in [-0.3, -0.25) is 0 Å². The van der Waals surface area contributed by atoms with Gasteiger partial charge in [0, 0.05) is 6.07 Å². The van der Waals surface area contributed by atoms with Crippen LogP contribution in [0.2, 0.25) is 0 Å². The van der Waals surface area contributed by atoms with Crippen molar-refractivity contribution < 1.29 is 36.1 Å². The number of hydrogen-bond acceptors (Lipinski definition) is 7. The molecule has 35 heavy (non-hydrogen) atoms. The summed E-state index contributed by atoms with van der Waals surface area (Å²) in [4.78, 5) is 0.00466. The van der Waals surface area contributed by atoms with Gasteiger partial charge in [-0.25, -0.2) is 8.78 Å². The number of hydrogen-bond donors (Lipinski definition) is 0. The molecule has 0 aliphatic heterocycles. The van der Waals surface area contributed by atoms with Crippen molar-refractivity contribution in [2.24, 2.45) is 0 Å². The van der Waals surface area contributed by atoms with Crippen LogP contribution in [0.1, 0.15) is 0 Å². The zero-order valence-corrected chi connectivity index (χ0v) is 20.9. The lowest BCUT2D eigenvalue weighted by atomic mass is 10.2. The molecule has 0 unspecified atom stereocenters. The standard InChI is InChI=1S/C23H19BrF2N2O6S/c1-31-15-3-6-17(7-4-15)35(29,30)28-21-8-5-16(32-2)13-18(21)23(27-28)34-10-9-33-22-19(24)11-14(25)12-20(22)26/h3-8,11-13H,9-10H2,1-2H3. The Hall–Kier alpha value is -3.38. The summed E-state index contributed by atoms with van der Waals surface area (Å²) in [5, 5.41) is 4.56. The van der Waals surface area contributed by atoms with Crippen molar-refractivity contribution in [3.05, 3.63) is 70.7 Å². The normalized spacial score (nSPS) is 11.5. The quantitative estimate of drug-likeness (QED) is 0.268. The van der Waals surface area contributed by atoms with E-state index in [1.54, 1.807) is 18.2 Å². The van der Waals surface area contributed by atoms with E-state index in [9.17, 15) is 17.2 Å². The smallest absolute Gasteiger partial charge is 0.283 e. The van der Waals surface area contributed by atoms with Crippen LogP contribution in [0.15, 0.2) is 64.0 Å². The van der Waals surface area contributed by atoms with E-state index >= 15 is 0 Å². The number of fused-ring (bicyclic) bond motifs is 1. The second-order valence-corrected chi connectivity index (χ2v) is 9.73.